The third kappa shape index (κ3) is 4.92. The van der Waals surface area contributed by atoms with Crippen LogP contribution in [0.15, 0.2) is 0 Å². The Morgan fingerprint density at radius 3 is 2.94 bits per heavy atom. The van der Waals surface area contributed by atoms with Crippen LogP contribution in [0.2, 0.25) is 0 Å². The minimum absolute atomic E-state index is 0.316. The van der Waals surface area contributed by atoms with Crippen molar-refractivity contribution in [2.75, 3.05) is 33.0 Å². The fourth-order valence-corrected chi connectivity index (χ4v) is 1.94. The number of nitrogens with two attached hydrogens (primary N) is 1. The van der Waals surface area contributed by atoms with Gasteiger partial charge in [0.15, 0.2) is 0 Å². The van der Waals surface area contributed by atoms with E-state index in [9.17, 15) is 4.79 Å². The molecule has 18 heavy (non-hydrogen) atoms. The lowest BCUT2D eigenvalue weighted by Gasteiger charge is -2.27. The number of nitrogens with one attached hydrogen (secondary N) is 1. The van der Waals surface area contributed by atoms with E-state index >= 15 is 0 Å². The van der Waals surface area contributed by atoms with E-state index < -0.39 is 5.54 Å². The van der Waals surface area contributed by atoms with Crippen LogP contribution in [-0.4, -0.2) is 44.4 Å². The molecule has 0 bridgehead atoms. The van der Waals surface area contributed by atoms with Gasteiger partial charge in [-0.25, -0.2) is 0 Å². The standard InChI is InChI=1S/C13H26N2O3/c1-3-6-15-13(2,12(14)16)5-8-18-10-11-4-7-17-9-11/h11,15H,3-10H2,1-2H3,(H2,14,16). The molecule has 1 fully saturated rings. The molecule has 5 heteroatoms. The molecule has 0 saturated carbocycles. The molecule has 0 spiro atoms. The second-order valence-electron chi connectivity index (χ2n) is 5.18. The van der Waals surface area contributed by atoms with Crippen molar-refractivity contribution in [2.24, 2.45) is 11.7 Å². The van der Waals surface area contributed by atoms with Gasteiger partial charge in [-0.05, 0) is 32.7 Å². The van der Waals surface area contributed by atoms with Crippen LogP contribution in [0.1, 0.15) is 33.1 Å². The summed E-state index contributed by atoms with van der Waals surface area (Å²) >= 11 is 0. The van der Waals surface area contributed by atoms with Gasteiger partial charge in [0.05, 0.1) is 18.8 Å². The molecule has 2 atom stereocenters. The second-order valence-corrected chi connectivity index (χ2v) is 5.18. The van der Waals surface area contributed by atoms with Gasteiger partial charge in [0.25, 0.3) is 0 Å². The summed E-state index contributed by atoms with van der Waals surface area (Å²) in [4.78, 5) is 11.5. The number of amides is 1. The molecule has 1 aliphatic rings. The lowest BCUT2D eigenvalue weighted by atomic mass is 9.97. The van der Waals surface area contributed by atoms with Gasteiger partial charge in [0.2, 0.25) is 5.91 Å². The summed E-state index contributed by atoms with van der Waals surface area (Å²) in [5, 5.41) is 3.19. The fraction of sp³-hybridized carbons (Fsp3) is 0.923. The Balaban J connectivity index is 2.21. The van der Waals surface area contributed by atoms with Crippen molar-refractivity contribution in [3.63, 3.8) is 0 Å². The molecule has 1 amide bonds. The highest BCUT2D eigenvalue weighted by Crippen LogP contribution is 2.14. The number of rotatable bonds is 9. The van der Waals surface area contributed by atoms with Gasteiger partial charge < -0.3 is 20.5 Å². The summed E-state index contributed by atoms with van der Waals surface area (Å²) in [5.74, 6) is 0.192. The first kappa shape index (κ1) is 15.4. The van der Waals surface area contributed by atoms with E-state index in [1.54, 1.807) is 0 Å². The van der Waals surface area contributed by atoms with Gasteiger partial charge in [-0.1, -0.05) is 6.92 Å². The Kier molecular flexibility index (Phi) is 6.60. The molecule has 1 heterocycles. The summed E-state index contributed by atoms with van der Waals surface area (Å²) in [6.07, 6.45) is 2.65. The molecule has 0 aromatic rings. The molecule has 0 aromatic heterocycles. The highest BCUT2D eigenvalue weighted by atomic mass is 16.5. The summed E-state index contributed by atoms with van der Waals surface area (Å²) < 4.78 is 10.9. The van der Waals surface area contributed by atoms with Crippen molar-refractivity contribution in [1.29, 1.82) is 0 Å². The van der Waals surface area contributed by atoms with Crippen LogP contribution < -0.4 is 11.1 Å². The molecular weight excluding hydrogens is 232 g/mol. The van der Waals surface area contributed by atoms with Crippen molar-refractivity contribution in [3.05, 3.63) is 0 Å². The summed E-state index contributed by atoms with van der Waals surface area (Å²) in [5.41, 5.74) is 4.77. The average Bonchev–Trinajstić information content (AvgIpc) is 2.85. The molecular formula is C13H26N2O3. The van der Waals surface area contributed by atoms with Crippen molar-refractivity contribution in [2.45, 2.75) is 38.6 Å². The first-order valence-electron chi connectivity index (χ1n) is 6.79. The Bertz CT molecular complexity index is 255. The molecule has 1 aliphatic heterocycles. The maximum Gasteiger partial charge on any atom is 0.237 e. The quantitative estimate of drug-likeness (QED) is 0.596. The number of carbonyl (C=O) groups excluding carboxylic acids is 1. The number of primary amides is 1. The minimum Gasteiger partial charge on any atom is -0.381 e. The molecule has 0 radical (unpaired) electrons. The van der Waals surface area contributed by atoms with Gasteiger partial charge in [-0.3, -0.25) is 4.79 Å². The molecule has 5 nitrogen and oxygen atoms in total. The van der Waals surface area contributed by atoms with Gasteiger partial charge >= 0.3 is 0 Å². The summed E-state index contributed by atoms with van der Waals surface area (Å²) in [6, 6.07) is 0. The van der Waals surface area contributed by atoms with Crippen LogP contribution in [0, 0.1) is 5.92 Å². The van der Waals surface area contributed by atoms with Gasteiger partial charge in [0.1, 0.15) is 0 Å². The fourth-order valence-electron chi connectivity index (χ4n) is 1.94. The molecule has 106 valence electrons. The molecule has 2 unspecified atom stereocenters. The zero-order valence-electron chi connectivity index (χ0n) is 11.5. The average molecular weight is 258 g/mol. The number of carbonyl (C=O) groups is 1. The molecule has 1 saturated heterocycles. The van der Waals surface area contributed by atoms with E-state index in [2.05, 4.69) is 12.2 Å². The Morgan fingerprint density at radius 1 is 1.61 bits per heavy atom. The lowest BCUT2D eigenvalue weighted by molar-refractivity contribution is -0.124. The third-order valence-electron chi connectivity index (χ3n) is 3.43. The Labute approximate surface area is 109 Å². The molecule has 3 N–H and O–H groups in total. The number of hydrogen-bond donors (Lipinski definition) is 2. The van der Waals surface area contributed by atoms with Crippen LogP contribution in [0.25, 0.3) is 0 Å². The van der Waals surface area contributed by atoms with Crippen LogP contribution >= 0.6 is 0 Å². The summed E-state index contributed by atoms with van der Waals surface area (Å²) in [6.45, 7) is 7.58. The summed E-state index contributed by atoms with van der Waals surface area (Å²) in [7, 11) is 0. The molecule has 0 aliphatic carbocycles. The lowest BCUT2D eigenvalue weighted by Crippen LogP contribution is -2.54. The van der Waals surface area contributed by atoms with Crippen LogP contribution in [0.3, 0.4) is 0 Å². The first-order valence-corrected chi connectivity index (χ1v) is 6.79. The monoisotopic (exact) mass is 258 g/mol. The van der Waals surface area contributed by atoms with Crippen LogP contribution in [-0.2, 0) is 14.3 Å². The van der Waals surface area contributed by atoms with E-state index in [-0.39, 0.29) is 5.91 Å². The number of ether oxygens (including phenoxy) is 2. The van der Waals surface area contributed by atoms with E-state index in [0.717, 1.165) is 32.6 Å². The van der Waals surface area contributed by atoms with Crippen LogP contribution in [0.4, 0.5) is 0 Å². The van der Waals surface area contributed by atoms with Crippen molar-refractivity contribution < 1.29 is 14.3 Å². The maximum atomic E-state index is 11.5. The van der Waals surface area contributed by atoms with Crippen LogP contribution in [0.5, 0.6) is 0 Å². The van der Waals surface area contributed by atoms with E-state index in [1.807, 2.05) is 6.92 Å². The predicted molar refractivity (Wildman–Crippen MR) is 70.3 cm³/mol. The highest BCUT2D eigenvalue weighted by molar-refractivity contribution is 5.84. The zero-order chi connectivity index (χ0) is 13.4. The predicted octanol–water partition coefficient (Wildman–Crippen LogP) is 0.673. The van der Waals surface area contributed by atoms with E-state index in [0.29, 0.717) is 25.6 Å². The minimum atomic E-state index is -0.664. The third-order valence-corrected chi connectivity index (χ3v) is 3.43. The van der Waals surface area contributed by atoms with E-state index in [1.165, 1.54) is 0 Å². The van der Waals surface area contributed by atoms with Crippen molar-refractivity contribution in [1.82, 2.24) is 5.32 Å². The van der Waals surface area contributed by atoms with Gasteiger partial charge in [0, 0.05) is 19.1 Å². The first-order chi connectivity index (χ1) is 8.58. The van der Waals surface area contributed by atoms with Crippen molar-refractivity contribution >= 4 is 5.91 Å². The Hall–Kier alpha value is -0.650. The molecule has 1 rings (SSSR count). The smallest absolute Gasteiger partial charge is 0.237 e. The maximum absolute atomic E-state index is 11.5. The van der Waals surface area contributed by atoms with Gasteiger partial charge in [-0.2, -0.15) is 0 Å². The Morgan fingerprint density at radius 2 is 2.39 bits per heavy atom. The topological polar surface area (TPSA) is 73.6 Å². The molecule has 0 aromatic carbocycles. The van der Waals surface area contributed by atoms with Crippen molar-refractivity contribution in [3.8, 4) is 0 Å². The highest BCUT2D eigenvalue weighted by Gasteiger charge is 2.29. The van der Waals surface area contributed by atoms with E-state index in [4.69, 9.17) is 15.2 Å². The zero-order valence-corrected chi connectivity index (χ0v) is 11.5. The normalized spacial score (nSPS) is 22.9. The number of hydrogen-bond acceptors (Lipinski definition) is 4. The second kappa shape index (κ2) is 7.71. The SMILES string of the molecule is CCCNC(C)(CCOCC1CCOC1)C(N)=O. The van der Waals surface area contributed by atoms with Gasteiger partial charge in [-0.15, -0.1) is 0 Å². The largest absolute Gasteiger partial charge is 0.381 e.